The molecule has 1 fully saturated rings. The van der Waals surface area contributed by atoms with Crippen molar-refractivity contribution < 1.29 is 18.3 Å². The molecule has 1 aliphatic rings. The highest BCUT2D eigenvalue weighted by atomic mass is 19.3. The predicted molar refractivity (Wildman–Crippen MR) is 126 cm³/mol. The van der Waals surface area contributed by atoms with Gasteiger partial charge in [0.15, 0.2) is 0 Å². The van der Waals surface area contributed by atoms with Crippen LogP contribution in [0.2, 0.25) is 0 Å². The van der Waals surface area contributed by atoms with Gasteiger partial charge < -0.3 is 19.9 Å². The number of halogens is 2. The zero-order chi connectivity index (χ0) is 24.9. The van der Waals surface area contributed by atoms with Gasteiger partial charge in [-0.05, 0) is 30.5 Å². The maximum absolute atomic E-state index is 12.9. The molecule has 5 rings (SSSR count). The number of carbonyl (C=O) groups is 1. The molecule has 1 amide bonds. The third-order valence-corrected chi connectivity index (χ3v) is 6.48. The summed E-state index contributed by atoms with van der Waals surface area (Å²) in [7, 11) is 5.06. The van der Waals surface area contributed by atoms with Gasteiger partial charge in [0, 0.05) is 31.9 Å². The Morgan fingerprint density at radius 1 is 1.34 bits per heavy atom. The molecule has 0 aliphatic heterocycles. The molecule has 3 aromatic heterocycles. The Morgan fingerprint density at radius 3 is 2.80 bits per heavy atom. The van der Waals surface area contributed by atoms with Crippen molar-refractivity contribution in [3.63, 3.8) is 0 Å². The minimum absolute atomic E-state index is 0.0746. The lowest BCUT2D eigenvalue weighted by Gasteiger charge is -2.45. The Labute approximate surface area is 199 Å². The fourth-order valence-electron chi connectivity index (χ4n) is 4.87. The van der Waals surface area contributed by atoms with Gasteiger partial charge >= 0.3 is 0 Å². The molecule has 0 spiro atoms. The number of hydrogen-bond acceptors (Lipinski definition) is 7. The number of rotatable bonds is 7. The highest BCUT2D eigenvalue weighted by Gasteiger charge is 2.47. The number of aromatic nitrogens is 6. The molecule has 0 radical (unpaired) electrons. The number of anilines is 1. The number of benzene rings is 1. The van der Waals surface area contributed by atoms with E-state index in [0.29, 0.717) is 46.7 Å². The van der Waals surface area contributed by atoms with Gasteiger partial charge in [0.1, 0.15) is 17.7 Å². The summed E-state index contributed by atoms with van der Waals surface area (Å²) in [5.74, 6) is 0.891. The maximum atomic E-state index is 12.9. The van der Waals surface area contributed by atoms with E-state index in [-0.39, 0.29) is 17.4 Å². The molecule has 35 heavy (non-hydrogen) atoms. The van der Waals surface area contributed by atoms with Crippen molar-refractivity contribution in [2.45, 2.75) is 38.8 Å². The molecular weight excluding hydrogens is 458 g/mol. The van der Waals surface area contributed by atoms with Gasteiger partial charge in [-0.3, -0.25) is 4.79 Å². The van der Waals surface area contributed by atoms with Crippen LogP contribution >= 0.6 is 0 Å². The summed E-state index contributed by atoms with van der Waals surface area (Å²) in [5, 5.41) is 11.8. The number of ether oxygens (including phenoxy) is 1. The summed E-state index contributed by atoms with van der Waals surface area (Å²) in [5.41, 5.74) is 2.75. The zero-order valence-electron chi connectivity index (χ0n) is 19.8. The van der Waals surface area contributed by atoms with Gasteiger partial charge in [-0.25, -0.2) is 13.5 Å². The first kappa shape index (κ1) is 22.9. The Morgan fingerprint density at radius 2 is 2.11 bits per heavy atom. The number of fused-ring (bicyclic) bond motifs is 2. The Kier molecular flexibility index (Phi) is 5.53. The molecular formula is C23H26F2N8O2. The number of carbonyl (C=O) groups excluding carboxylic acids is 1. The van der Waals surface area contributed by atoms with Crippen molar-refractivity contribution in [3.05, 3.63) is 24.4 Å². The van der Waals surface area contributed by atoms with Crippen molar-refractivity contribution in [2.75, 3.05) is 26.5 Å². The molecule has 0 atom stereocenters. The number of nitrogens with one attached hydrogen (secondary N) is 2. The largest absolute Gasteiger partial charge is 0.480 e. The van der Waals surface area contributed by atoms with E-state index in [0.717, 1.165) is 11.1 Å². The zero-order valence-corrected chi connectivity index (χ0v) is 19.8. The third-order valence-electron chi connectivity index (χ3n) is 6.48. The van der Waals surface area contributed by atoms with Crippen LogP contribution in [0.3, 0.4) is 0 Å². The average molecular weight is 485 g/mol. The van der Waals surface area contributed by atoms with Crippen molar-refractivity contribution in [1.29, 1.82) is 0 Å². The van der Waals surface area contributed by atoms with Crippen LogP contribution < -0.4 is 10.1 Å². The van der Waals surface area contributed by atoms with Crippen molar-refractivity contribution in [1.82, 2.24) is 34.8 Å². The van der Waals surface area contributed by atoms with Crippen LogP contribution in [0.1, 0.15) is 19.8 Å². The number of alkyl halides is 2. The molecule has 2 N–H and O–H groups in total. The molecule has 184 valence electrons. The lowest BCUT2D eigenvalue weighted by atomic mass is 9.66. The molecule has 1 aromatic carbocycles. The number of methoxy groups -OCH3 is 1. The van der Waals surface area contributed by atoms with Gasteiger partial charge in [0.05, 0.1) is 23.4 Å². The second-order valence-corrected chi connectivity index (χ2v) is 9.36. The van der Waals surface area contributed by atoms with Crippen LogP contribution in [0.25, 0.3) is 33.2 Å². The summed E-state index contributed by atoms with van der Waals surface area (Å²) in [4.78, 5) is 26.3. The number of aromatic amines is 1. The molecule has 0 unspecified atom stereocenters. The Balaban J connectivity index is 1.44. The summed E-state index contributed by atoms with van der Waals surface area (Å²) >= 11 is 0. The van der Waals surface area contributed by atoms with Crippen LogP contribution in [0.5, 0.6) is 5.88 Å². The van der Waals surface area contributed by atoms with Crippen molar-refractivity contribution in [2.24, 2.45) is 5.41 Å². The van der Waals surface area contributed by atoms with Gasteiger partial charge in [0.2, 0.25) is 17.7 Å². The fraction of sp³-hybridized carbons (Fsp3) is 0.435. The molecule has 1 aliphatic carbocycles. The molecule has 1 saturated carbocycles. The lowest BCUT2D eigenvalue weighted by molar-refractivity contribution is -0.143. The molecule has 10 nitrogen and oxygen atoms in total. The SMILES string of the molecule is COc1nc(N[C@H]2C[C@@](C)(C(=O)N(C)C)C2)nc2[nH]cc(-c3ccc4nnn(CC(F)F)c4c3)c12. The van der Waals surface area contributed by atoms with E-state index in [1.54, 1.807) is 37.3 Å². The second kappa shape index (κ2) is 8.43. The van der Waals surface area contributed by atoms with Gasteiger partial charge in [-0.1, -0.05) is 18.2 Å². The first-order valence-corrected chi connectivity index (χ1v) is 11.2. The van der Waals surface area contributed by atoms with Gasteiger partial charge in [0.25, 0.3) is 6.43 Å². The van der Waals surface area contributed by atoms with E-state index in [1.807, 2.05) is 13.0 Å². The van der Waals surface area contributed by atoms with E-state index >= 15 is 0 Å². The van der Waals surface area contributed by atoms with E-state index in [9.17, 15) is 13.6 Å². The van der Waals surface area contributed by atoms with E-state index in [4.69, 9.17) is 4.74 Å². The van der Waals surface area contributed by atoms with Gasteiger partial charge in [-0.15, -0.1) is 5.10 Å². The smallest absolute Gasteiger partial charge is 0.258 e. The molecule has 0 bridgehead atoms. The Bertz CT molecular complexity index is 1410. The maximum Gasteiger partial charge on any atom is 0.258 e. The first-order valence-electron chi connectivity index (χ1n) is 11.2. The molecule has 4 aromatic rings. The van der Waals surface area contributed by atoms with Crippen LogP contribution in [0, 0.1) is 5.41 Å². The van der Waals surface area contributed by atoms with Crippen LogP contribution in [-0.2, 0) is 11.3 Å². The highest BCUT2D eigenvalue weighted by Crippen LogP contribution is 2.43. The van der Waals surface area contributed by atoms with Crippen LogP contribution in [-0.4, -0.2) is 74.4 Å². The van der Waals surface area contributed by atoms with E-state index in [1.165, 1.54) is 11.8 Å². The van der Waals surface area contributed by atoms with Crippen LogP contribution in [0.4, 0.5) is 14.7 Å². The summed E-state index contributed by atoms with van der Waals surface area (Å²) in [6.45, 7) is 1.44. The first-order chi connectivity index (χ1) is 16.7. The van der Waals surface area contributed by atoms with Crippen molar-refractivity contribution >= 4 is 33.9 Å². The van der Waals surface area contributed by atoms with Gasteiger partial charge in [-0.2, -0.15) is 9.97 Å². The second-order valence-electron chi connectivity index (χ2n) is 9.36. The molecule has 12 heteroatoms. The minimum Gasteiger partial charge on any atom is -0.480 e. The predicted octanol–water partition coefficient (Wildman–Crippen LogP) is 3.31. The fourth-order valence-corrected chi connectivity index (χ4v) is 4.87. The minimum atomic E-state index is -2.54. The third kappa shape index (κ3) is 4.02. The number of hydrogen-bond donors (Lipinski definition) is 2. The molecule has 3 heterocycles. The lowest BCUT2D eigenvalue weighted by Crippen LogP contribution is -2.52. The highest BCUT2D eigenvalue weighted by molar-refractivity contribution is 5.99. The molecule has 0 saturated heterocycles. The Hall–Kier alpha value is -3.83. The van der Waals surface area contributed by atoms with E-state index < -0.39 is 13.0 Å². The quantitative estimate of drug-likeness (QED) is 0.414. The standard InChI is InChI=1S/C23H26F2N8O2/c1-23(21(34)32(2)3)8-13(9-23)27-22-28-19-18(20(29-22)35-4)14(10-26-19)12-5-6-15-16(7-12)33(31-30-15)11-17(24)25/h5-7,10,13,17H,8-9,11H2,1-4H3,(H2,26,27,28,29)/t13-,23+. The van der Waals surface area contributed by atoms with Crippen molar-refractivity contribution in [3.8, 4) is 17.0 Å². The average Bonchev–Trinajstić information content (AvgIpc) is 3.40. The normalized spacial score (nSPS) is 19.8. The summed E-state index contributed by atoms with van der Waals surface area (Å²) < 4.78 is 32.6. The monoisotopic (exact) mass is 484 g/mol. The van der Waals surface area contributed by atoms with Crippen LogP contribution in [0.15, 0.2) is 24.4 Å². The topological polar surface area (TPSA) is 114 Å². The number of nitrogens with zero attached hydrogens (tertiary/aromatic N) is 6. The number of amides is 1. The van der Waals surface area contributed by atoms with E-state index in [2.05, 4.69) is 30.6 Å². The summed E-state index contributed by atoms with van der Waals surface area (Å²) in [6, 6.07) is 5.42. The summed E-state index contributed by atoms with van der Waals surface area (Å²) in [6.07, 6.45) is 0.615. The number of H-pyrrole nitrogens is 1.